The number of amides is 2. The second kappa shape index (κ2) is 8.21. The van der Waals surface area contributed by atoms with Crippen LogP contribution in [0.4, 0.5) is 4.79 Å². The average Bonchev–Trinajstić information content (AvgIpc) is 2.75. The highest BCUT2D eigenvalue weighted by Crippen LogP contribution is 2.15. The van der Waals surface area contributed by atoms with Gasteiger partial charge in [0.1, 0.15) is 0 Å². The summed E-state index contributed by atoms with van der Waals surface area (Å²) in [5, 5.41) is 8.71. The lowest BCUT2D eigenvalue weighted by Gasteiger charge is -2.18. The Morgan fingerprint density at radius 2 is 2.00 bits per heavy atom. The first kappa shape index (κ1) is 16.9. The molecule has 1 aromatic rings. The number of nitrogens with zero attached hydrogens (tertiary/aromatic N) is 1. The van der Waals surface area contributed by atoms with Gasteiger partial charge < -0.3 is 15.4 Å². The molecule has 2 N–H and O–H groups in total. The normalized spacial score (nSPS) is 14.1. The maximum atomic E-state index is 11.8. The highest BCUT2D eigenvalue weighted by molar-refractivity contribution is 7.09. The van der Waals surface area contributed by atoms with Crippen LogP contribution >= 0.6 is 11.3 Å². The lowest BCUT2D eigenvalue weighted by molar-refractivity contribution is 0.0953. The van der Waals surface area contributed by atoms with Crippen molar-refractivity contribution in [3.63, 3.8) is 0 Å². The summed E-state index contributed by atoms with van der Waals surface area (Å²) in [6.45, 7) is 11.2. The molecule has 0 radical (unpaired) electrons. The minimum Gasteiger partial charge on any atom is -0.379 e. The topological polar surface area (TPSA) is 63.2 Å². The summed E-state index contributed by atoms with van der Waals surface area (Å²) in [5.74, 6) is 0.504. The molecule has 20 heavy (non-hydrogen) atoms. The molecule has 0 bridgehead atoms. The van der Waals surface area contributed by atoms with Crippen molar-refractivity contribution < 1.29 is 9.53 Å². The van der Waals surface area contributed by atoms with Gasteiger partial charge in [0.25, 0.3) is 0 Å². The van der Waals surface area contributed by atoms with E-state index in [2.05, 4.69) is 29.5 Å². The van der Waals surface area contributed by atoms with Crippen molar-refractivity contribution >= 4 is 17.4 Å². The molecule has 0 aliphatic rings. The van der Waals surface area contributed by atoms with Crippen LogP contribution in [-0.4, -0.2) is 30.3 Å². The highest BCUT2D eigenvalue weighted by Gasteiger charge is 2.13. The van der Waals surface area contributed by atoms with Crippen LogP contribution in [0.2, 0.25) is 0 Å². The number of aryl methyl sites for hydroxylation is 1. The Bertz CT molecular complexity index is 420. The van der Waals surface area contributed by atoms with Crippen molar-refractivity contribution in [1.29, 1.82) is 0 Å². The van der Waals surface area contributed by atoms with E-state index in [1.54, 1.807) is 11.3 Å². The van der Waals surface area contributed by atoms with Gasteiger partial charge in [0.2, 0.25) is 0 Å². The summed E-state index contributed by atoms with van der Waals surface area (Å²) in [6.07, 6.45) is 0. The highest BCUT2D eigenvalue weighted by atomic mass is 32.1. The molecule has 6 heteroatoms. The van der Waals surface area contributed by atoms with E-state index in [-0.39, 0.29) is 18.1 Å². The van der Waals surface area contributed by atoms with Crippen LogP contribution in [0.5, 0.6) is 0 Å². The second-order valence-electron chi connectivity index (χ2n) is 5.46. The zero-order chi connectivity index (χ0) is 15.1. The molecule has 0 aliphatic carbocycles. The first-order valence-corrected chi connectivity index (χ1v) is 7.83. The summed E-state index contributed by atoms with van der Waals surface area (Å²) in [5.41, 5.74) is 0.895. The van der Waals surface area contributed by atoms with Crippen molar-refractivity contribution in [2.75, 3.05) is 13.2 Å². The number of urea groups is 1. The number of thiazole rings is 1. The van der Waals surface area contributed by atoms with Crippen LogP contribution in [0.25, 0.3) is 0 Å². The van der Waals surface area contributed by atoms with E-state index in [0.29, 0.717) is 19.1 Å². The molecule has 0 fully saturated rings. The molecule has 0 unspecified atom stereocenters. The molecule has 2 amide bonds. The fourth-order valence-electron chi connectivity index (χ4n) is 1.64. The third-order valence-corrected chi connectivity index (χ3v) is 3.42. The van der Waals surface area contributed by atoms with Gasteiger partial charge >= 0.3 is 6.03 Å². The Hall–Kier alpha value is -1.14. The Labute approximate surface area is 125 Å². The average molecular weight is 299 g/mol. The molecule has 5 nitrogen and oxygen atoms in total. The van der Waals surface area contributed by atoms with Crippen molar-refractivity contribution in [2.45, 2.75) is 46.7 Å². The smallest absolute Gasteiger partial charge is 0.315 e. The van der Waals surface area contributed by atoms with Gasteiger partial charge in [0.05, 0.1) is 29.4 Å². The zero-order valence-electron chi connectivity index (χ0n) is 12.9. The van der Waals surface area contributed by atoms with Crippen molar-refractivity contribution in [3.8, 4) is 0 Å². The largest absolute Gasteiger partial charge is 0.379 e. The van der Waals surface area contributed by atoms with Crippen molar-refractivity contribution in [3.05, 3.63) is 16.1 Å². The van der Waals surface area contributed by atoms with E-state index in [1.807, 2.05) is 26.2 Å². The second-order valence-corrected chi connectivity index (χ2v) is 6.53. The summed E-state index contributed by atoms with van der Waals surface area (Å²) in [4.78, 5) is 16.2. The van der Waals surface area contributed by atoms with Crippen LogP contribution in [0, 0.1) is 12.8 Å². The molecule has 1 aromatic heterocycles. The van der Waals surface area contributed by atoms with Gasteiger partial charge in [0, 0.05) is 12.0 Å². The molecule has 0 spiro atoms. The summed E-state index contributed by atoms with van der Waals surface area (Å²) in [6, 6.07) is -0.300. The number of hydrogen-bond acceptors (Lipinski definition) is 4. The predicted octanol–water partition coefficient (Wildman–Crippen LogP) is 2.87. The van der Waals surface area contributed by atoms with Gasteiger partial charge in [-0.25, -0.2) is 9.78 Å². The van der Waals surface area contributed by atoms with Crippen molar-refractivity contribution in [2.24, 2.45) is 5.92 Å². The van der Waals surface area contributed by atoms with Gasteiger partial charge in [-0.3, -0.25) is 0 Å². The number of aromatic nitrogens is 1. The maximum Gasteiger partial charge on any atom is 0.315 e. The van der Waals surface area contributed by atoms with E-state index < -0.39 is 0 Å². The number of ether oxygens (including phenoxy) is 1. The number of nitrogens with one attached hydrogen (secondary N) is 2. The molecular weight excluding hydrogens is 274 g/mol. The Morgan fingerprint density at radius 1 is 1.30 bits per heavy atom. The molecular formula is C14H25N3O2S. The SMILES string of the molecule is Cc1nc([C@@H](C)NC(=O)N[C@@H](C)COCC(C)C)cs1. The molecule has 0 saturated heterocycles. The van der Waals surface area contributed by atoms with Crippen LogP contribution in [0.15, 0.2) is 5.38 Å². The third kappa shape index (κ3) is 6.34. The van der Waals surface area contributed by atoms with Crippen LogP contribution < -0.4 is 10.6 Å². The van der Waals surface area contributed by atoms with Crippen LogP contribution in [-0.2, 0) is 4.74 Å². The van der Waals surface area contributed by atoms with Crippen LogP contribution in [0.1, 0.15) is 44.4 Å². The Balaban J connectivity index is 2.28. The van der Waals surface area contributed by atoms with Gasteiger partial charge in [-0.2, -0.15) is 0 Å². The predicted molar refractivity (Wildman–Crippen MR) is 82.1 cm³/mol. The number of rotatable bonds is 7. The molecule has 0 saturated carbocycles. The van der Waals surface area contributed by atoms with Gasteiger partial charge in [0.15, 0.2) is 0 Å². The maximum absolute atomic E-state index is 11.8. The van der Waals surface area contributed by atoms with Gasteiger partial charge in [-0.15, -0.1) is 11.3 Å². The lowest BCUT2D eigenvalue weighted by atomic mass is 10.2. The summed E-state index contributed by atoms with van der Waals surface area (Å²) < 4.78 is 5.50. The quantitative estimate of drug-likeness (QED) is 0.813. The van der Waals surface area contributed by atoms with E-state index >= 15 is 0 Å². The monoisotopic (exact) mass is 299 g/mol. The number of carbonyl (C=O) groups is 1. The third-order valence-electron chi connectivity index (χ3n) is 2.62. The first-order chi connectivity index (χ1) is 9.38. The van der Waals surface area contributed by atoms with Crippen LogP contribution in [0.3, 0.4) is 0 Å². The standard InChI is InChI=1S/C14H25N3O2S/c1-9(2)6-19-7-10(3)15-14(18)16-11(4)13-8-20-12(5)17-13/h8-11H,6-7H2,1-5H3,(H2,15,16,18)/t10-,11+/m0/s1. The van der Waals surface area contributed by atoms with Gasteiger partial charge in [-0.05, 0) is 26.7 Å². The number of hydrogen-bond donors (Lipinski definition) is 2. The first-order valence-electron chi connectivity index (χ1n) is 6.95. The van der Waals surface area contributed by atoms with E-state index in [9.17, 15) is 4.79 Å². The number of carbonyl (C=O) groups excluding carboxylic acids is 1. The van der Waals surface area contributed by atoms with Gasteiger partial charge in [-0.1, -0.05) is 13.8 Å². The minimum absolute atomic E-state index is 0.0156. The summed E-state index contributed by atoms with van der Waals surface area (Å²) in [7, 11) is 0. The molecule has 114 valence electrons. The Kier molecular flexibility index (Phi) is 6.95. The fraction of sp³-hybridized carbons (Fsp3) is 0.714. The molecule has 0 aromatic carbocycles. The lowest BCUT2D eigenvalue weighted by Crippen LogP contribution is -2.43. The van der Waals surface area contributed by atoms with E-state index in [1.165, 1.54) is 0 Å². The van der Waals surface area contributed by atoms with Crippen molar-refractivity contribution in [1.82, 2.24) is 15.6 Å². The zero-order valence-corrected chi connectivity index (χ0v) is 13.7. The summed E-state index contributed by atoms with van der Waals surface area (Å²) >= 11 is 1.58. The van der Waals surface area contributed by atoms with E-state index in [4.69, 9.17) is 4.74 Å². The fourth-order valence-corrected chi connectivity index (χ4v) is 2.34. The molecule has 2 atom stereocenters. The molecule has 0 aliphatic heterocycles. The molecule has 1 rings (SSSR count). The Morgan fingerprint density at radius 3 is 2.55 bits per heavy atom. The molecule has 1 heterocycles. The minimum atomic E-state index is -0.191. The van der Waals surface area contributed by atoms with E-state index in [0.717, 1.165) is 10.7 Å².